The topological polar surface area (TPSA) is 57.8 Å². The molecule has 0 spiro atoms. The Morgan fingerprint density at radius 3 is 2.34 bits per heavy atom. The molecule has 0 unspecified atom stereocenters. The maximum Gasteiger partial charge on any atom is 0.266 e. The monoisotopic (exact) mass is 443 g/mol. The number of hydrogen-bond acceptors (Lipinski definition) is 2. The molecule has 3 rings (SSSR count). The number of carbonyl (C=O) groups is 1. The molecule has 1 amide bonds. The first-order valence-electron chi connectivity index (χ1n) is 8.63. The van der Waals surface area contributed by atoms with Crippen LogP contribution in [0, 0.1) is 25.2 Å². The second-order valence-electron chi connectivity index (χ2n) is 6.39. The SMILES string of the molecule is Cc1cc(/C=C(\C#N)C(=O)Nc2ccc(Cl)cc2)c(C)n1-c1ccc(Cl)c(Cl)c1. The van der Waals surface area contributed by atoms with Crippen LogP contribution in [0.25, 0.3) is 11.8 Å². The standard InChI is InChI=1S/C22H16Cl3N3O/c1-13-9-15(14(2)28(13)19-7-8-20(24)21(25)11-19)10-16(12-26)22(29)27-18-5-3-17(23)4-6-18/h3-11H,1-2H3,(H,27,29)/b16-10+. The average Bonchev–Trinajstić information content (AvgIpc) is 2.97. The third kappa shape index (κ3) is 4.65. The van der Waals surface area contributed by atoms with Crippen LogP contribution in [-0.2, 0) is 4.79 Å². The van der Waals surface area contributed by atoms with Gasteiger partial charge >= 0.3 is 0 Å². The van der Waals surface area contributed by atoms with Gasteiger partial charge in [-0.2, -0.15) is 5.26 Å². The molecule has 1 N–H and O–H groups in total. The van der Waals surface area contributed by atoms with Crippen LogP contribution >= 0.6 is 34.8 Å². The first-order chi connectivity index (χ1) is 13.8. The van der Waals surface area contributed by atoms with Crippen molar-refractivity contribution in [3.8, 4) is 11.8 Å². The van der Waals surface area contributed by atoms with E-state index in [1.165, 1.54) is 0 Å². The van der Waals surface area contributed by atoms with E-state index in [-0.39, 0.29) is 5.57 Å². The fraction of sp³-hybridized carbons (Fsp3) is 0.0909. The lowest BCUT2D eigenvalue weighted by molar-refractivity contribution is -0.112. The molecule has 0 fully saturated rings. The number of amides is 1. The highest BCUT2D eigenvalue weighted by atomic mass is 35.5. The number of anilines is 1. The van der Waals surface area contributed by atoms with Gasteiger partial charge in [-0.3, -0.25) is 4.79 Å². The van der Waals surface area contributed by atoms with E-state index in [1.807, 2.05) is 36.6 Å². The van der Waals surface area contributed by atoms with Crippen molar-refractivity contribution in [1.82, 2.24) is 4.57 Å². The van der Waals surface area contributed by atoms with Crippen molar-refractivity contribution in [3.05, 3.63) is 86.1 Å². The number of halogens is 3. The molecule has 0 bridgehead atoms. The van der Waals surface area contributed by atoms with Crippen LogP contribution in [0.5, 0.6) is 0 Å². The molecule has 29 heavy (non-hydrogen) atoms. The molecule has 146 valence electrons. The quantitative estimate of drug-likeness (QED) is 0.364. The molecule has 7 heteroatoms. The van der Waals surface area contributed by atoms with Gasteiger partial charge in [-0.05, 0) is 74.0 Å². The summed E-state index contributed by atoms with van der Waals surface area (Å²) >= 11 is 18.0. The molecule has 2 aromatic carbocycles. The number of nitriles is 1. The second-order valence-corrected chi connectivity index (χ2v) is 7.64. The maximum atomic E-state index is 12.5. The zero-order valence-corrected chi connectivity index (χ0v) is 17.9. The van der Waals surface area contributed by atoms with E-state index < -0.39 is 5.91 Å². The Hall–Kier alpha value is -2.71. The molecule has 0 aliphatic carbocycles. The number of aromatic nitrogens is 1. The van der Waals surface area contributed by atoms with Crippen molar-refractivity contribution in [2.24, 2.45) is 0 Å². The Kier molecular flexibility index (Phi) is 6.34. The minimum Gasteiger partial charge on any atom is -0.321 e. The highest BCUT2D eigenvalue weighted by molar-refractivity contribution is 6.42. The fourth-order valence-corrected chi connectivity index (χ4v) is 3.41. The van der Waals surface area contributed by atoms with Gasteiger partial charge in [0.15, 0.2) is 0 Å². The number of hydrogen-bond donors (Lipinski definition) is 1. The zero-order chi connectivity index (χ0) is 21.1. The lowest BCUT2D eigenvalue weighted by Crippen LogP contribution is -2.13. The van der Waals surface area contributed by atoms with E-state index in [0.29, 0.717) is 20.8 Å². The van der Waals surface area contributed by atoms with Gasteiger partial charge in [0.2, 0.25) is 0 Å². The van der Waals surface area contributed by atoms with Crippen molar-refractivity contribution >= 4 is 52.5 Å². The summed E-state index contributed by atoms with van der Waals surface area (Å²) in [4.78, 5) is 12.5. The Bertz CT molecular complexity index is 1160. The van der Waals surface area contributed by atoms with Crippen LogP contribution in [0.15, 0.2) is 54.1 Å². The van der Waals surface area contributed by atoms with E-state index in [1.54, 1.807) is 42.5 Å². The summed E-state index contributed by atoms with van der Waals surface area (Å²) in [6, 6.07) is 15.9. The highest BCUT2D eigenvalue weighted by Gasteiger charge is 2.14. The van der Waals surface area contributed by atoms with Crippen LogP contribution < -0.4 is 5.32 Å². The molecule has 0 aliphatic rings. The van der Waals surface area contributed by atoms with Crippen LogP contribution in [0.3, 0.4) is 0 Å². The van der Waals surface area contributed by atoms with Gasteiger partial charge in [0.1, 0.15) is 11.6 Å². The summed E-state index contributed by atoms with van der Waals surface area (Å²) in [5.41, 5.74) is 3.96. The Balaban J connectivity index is 1.94. The van der Waals surface area contributed by atoms with E-state index in [0.717, 1.165) is 22.6 Å². The second kappa shape index (κ2) is 8.75. The molecule has 0 saturated carbocycles. The lowest BCUT2D eigenvalue weighted by Gasteiger charge is -2.10. The number of rotatable bonds is 4. The molecule has 1 aromatic heterocycles. The largest absolute Gasteiger partial charge is 0.321 e. The molecular weight excluding hydrogens is 429 g/mol. The summed E-state index contributed by atoms with van der Waals surface area (Å²) in [5.74, 6) is -0.492. The highest BCUT2D eigenvalue weighted by Crippen LogP contribution is 2.28. The minimum absolute atomic E-state index is 0.00524. The summed E-state index contributed by atoms with van der Waals surface area (Å²) < 4.78 is 1.99. The molecule has 1 heterocycles. The van der Waals surface area contributed by atoms with Gasteiger partial charge < -0.3 is 9.88 Å². The molecule has 3 aromatic rings. The van der Waals surface area contributed by atoms with Crippen molar-refractivity contribution in [2.75, 3.05) is 5.32 Å². The number of nitrogens with zero attached hydrogens (tertiary/aromatic N) is 2. The Morgan fingerprint density at radius 1 is 1.03 bits per heavy atom. The minimum atomic E-state index is -0.492. The van der Waals surface area contributed by atoms with Crippen LogP contribution in [-0.4, -0.2) is 10.5 Å². The molecule has 0 radical (unpaired) electrons. The van der Waals surface area contributed by atoms with Gasteiger partial charge in [-0.15, -0.1) is 0 Å². The first-order valence-corrected chi connectivity index (χ1v) is 9.76. The lowest BCUT2D eigenvalue weighted by atomic mass is 10.1. The van der Waals surface area contributed by atoms with Gasteiger partial charge in [0.05, 0.1) is 10.0 Å². The molecule has 4 nitrogen and oxygen atoms in total. The van der Waals surface area contributed by atoms with Crippen LogP contribution in [0.4, 0.5) is 5.69 Å². The maximum absolute atomic E-state index is 12.5. The van der Waals surface area contributed by atoms with Crippen LogP contribution in [0.2, 0.25) is 15.1 Å². The predicted octanol–water partition coefficient (Wildman–Crippen LogP) is 6.60. The molecule has 0 saturated heterocycles. The van der Waals surface area contributed by atoms with E-state index in [4.69, 9.17) is 34.8 Å². The molecule has 0 aliphatic heterocycles. The predicted molar refractivity (Wildman–Crippen MR) is 119 cm³/mol. The number of aryl methyl sites for hydroxylation is 1. The summed E-state index contributed by atoms with van der Waals surface area (Å²) in [6.07, 6.45) is 1.57. The first kappa shape index (κ1) is 21.0. The number of benzene rings is 2. The number of carbonyl (C=O) groups excluding carboxylic acids is 1. The summed E-state index contributed by atoms with van der Waals surface area (Å²) in [5, 5.41) is 13.7. The smallest absolute Gasteiger partial charge is 0.266 e. The van der Waals surface area contributed by atoms with Crippen molar-refractivity contribution < 1.29 is 4.79 Å². The van der Waals surface area contributed by atoms with Gasteiger partial charge in [-0.1, -0.05) is 34.8 Å². The zero-order valence-electron chi connectivity index (χ0n) is 15.6. The third-order valence-electron chi connectivity index (χ3n) is 4.40. The number of nitrogens with one attached hydrogen (secondary N) is 1. The Morgan fingerprint density at radius 2 is 1.72 bits per heavy atom. The average molecular weight is 445 g/mol. The molecular formula is C22H16Cl3N3O. The Labute approximate surface area is 183 Å². The summed E-state index contributed by atoms with van der Waals surface area (Å²) in [6.45, 7) is 3.85. The third-order valence-corrected chi connectivity index (χ3v) is 5.39. The van der Waals surface area contributed by atoms with Gasteiger partial charge in [-0.25, -0.2) is 0 Å². The summed E-state index contributed by atoms with van der Waals surface area (Å²) in [7, 11) is 0. The van der Waals surface area contributed by atoms with E-state index in [9.17, 15) is 10.1 Å². The van der Waals surface area contributed by atoms with Crippen LogP contribution in [0.1, 0.15) is 17.0 Å². The molecule has 0 atom stereocenters. The van der Waals surface area contributed by atoms with Crippen molar-refractivity contribution in [2.45, 2.75) is 13.8 Å². The van der Waals surface area contributed by atoms with Gasteiger partial charge in [0, 0.05) is 27.8 Å². The van der Waals surface area contributed by atoms with Crippen molar-refractivity contribution in [3.63, 3.8) is 0 Å². The fourth-order valence-electron chi connectivity index (χ4n) is 2.99. The van der Waals surface area contributed by atoms with E-state index >= 15 is 0 Å². The van der Waals surface area contributed by atoms with E-state index in [2.05, 4.69) is 5.32 Å². The normalized spacial score (nSPS) is 11.2. The van der Waals surface area contributed by atoms with Crippen molar-refractivity contribution in [1.29, 1.82) is 5.26 Å². The van der Waals surface area contributed by atoms with Gasteiger partial charge in [0.25, 0.3) is 5.91 Å².